The molecule has 0 aliphatic heterocycles. The van der Waals surface area contributed by atoms with Crippen molar-refractivity contribution in [3.05, 3.63) is 32.3 Å². The van der Waals surface area contributed by atoms with Gasteiger partial charge in [-0.15, -0.1) is 0 Å². The van der Waals surface area contributed by atoms with Gasteiger partial charge in [0.15, 0.2) is 0 Å². The molecule has 0 spiro atoms. The first-order chi connectivity index (χ1) is 9.22. The van der Waals surface area contributed by atoms with Crippen molar-refractivity contribution in [2.24, 2.45) is 5.92 Å². The second-order valence-electron chi connectivity index (χ2n) is 4.63. The highest BCUT2D eigenvalue weighted by molar-refractivity contribution is 6.39. The summed E-state index contributed by atoms with van der Waals surface area (Å²) < 4.78 is 0. The molecule has 0 aliphatic carbocycles. The summed E-state index contributed by atoms with van der Waals surface area (Å²) in [6, 6.07) is 1.96. The van der Waals surface area contributed by atoms with E-state index in [-0.39, 0.29) is 34.1 Å². The van der Waals surface area contributed by atoms with Gasteiger partial charge in [-0.1, -0.05) is 37.0 Å². The number of carboxylic acids is 1. The van der Waals surface area contributed by atoms with Crippen molar-refractivity contribution in [3.63, 3.8) is 0 Å². The molecule has 6 nitrogen and oxygen atoms in total. The van der Waals surface area contributed by atoms with E-state index in [4.69, 9.17) is 28.3 Å². The largest absolute Gasteiger partial charge is 0.481 e. The van der Waals surface area contributed by atoms with Gasteiger partial charge in [0.2, 0.25) is 0 Å². The zero-order chi connectivity index (χ0) is 15.4. The average molecular weight is 321 g/mol. The summed E-state index contributed by atoms with van der Waals surface area (Å²) in [6.45, 7) is 3.71. The van der Waals surface area contributed by atoms with Crippen molar-refractivity contribution >= 4 is 40.5 Å². The fraction of sp³-hybridized carbons (Fsp3) is 0.417. The molecule has 0 radical (unpaired) electrons. The van der Waals surface area contributed by atoms with Gasteiger partial charge in [-0.2, -0.15) is 0 Å². The fourth-order valence-corrected chi connectivity index (χ4v) is 2.21. The van der Waals surface area contributed by atoms with Crippen LogP contribution in [0.4, 0.5) is 11.4 Å². The summed E-state index contributed by atoms with van der Waals surface area (Å²) in [6.07, 6.45) is -0.110. The lowest BCUT2D eigenvalue weighted by Gasteiger charge is -2.23. The van der Waals surface area contributed by atoms with Crippen LogP contribution in [0.2, 0.25) is 10.0 Å². The zero-order valence-electron chi connectivity index (χ0n) is 10.9. The number of nitrogens with one attached hydrogen (secondary N) is 1. The third kappa shape index (κ3) is 4.25. The molecule has 0 aliphatic rings. The molecule has 1 aromatic rings. The van der Waals surface area contributed by atoms with Crippen molar-refractivity contribution in [1.82, 2.24) is 0 Å². The Morgan fingerprint density at radius 3 is 2.25 bits per heavy atom. The predicted molar refractivity (Wildman–Crippen MR) is 77.6 cm³/mol. The van der Waals surface area contributed by atoms with E-state index in [2.05, 4.69) is 5.32 Å². The second-order valence-corrected chi connectivity index (χ2v) is 5.45. The Morgan fingerprint density at radius 1 is 1.40 bits per heavy atom. The minimum absolute atomic E-state index is 0.0217. The maximum atomic E-state index is 10.8. The lowest BCUT2D eigenvalue weighted by Crippen LogP contribution is -2.28. The van der Waals surface area contributed by atoms with Crippen LogP contribution in [-0.4, -0.2) is 22.0 Å². The van der Waals surface area contributed by atoms with E-state index in [1.807, 2.05) is 13.8 Å². The Kier molecular flexibility index (Phi) is 5.59. The molecule has 0 saturated heterocycles. The molecule has 0 amide bonds. The normalized spacial score (nSPS) is 12.2. The molecule has 0 fully saturated rings. The van der Waals surface area contributed by atoms with Crippen LogP contribution in [0.5, 0.6) is 0 Å². The van der Waals surface area contributed by atoms with Crippen LogP contribution >= 0.6 is 23.2 Å². The quantitative estimate of drug-likeness (QED) is 0.614. The van der Waals surface area contributed by atoms with Gasteiger partial charge in [0, 0.05) is 18.2 Å². The summed E-state index contributed by atoms with van der Waals surface area (Å²) >= 11 is 11.9. The van der Waals surface area contributed by atoms with Gasteiger partial charge in [0.25, 0.3) is 5.69 Å². The molecule has 0 saturated carbocycles. The van der Waals surface area contributed by atoms with Crippen molar-refractivity contribution in [2.45, 2.75) is 26.3 Å². The Morgan fingerprint density at radius 2 is 1.90 bits per heavy atom. The monoisotopic (exact) mass is 320 g/mol. The number of nitrogens with zero attached hydrogens (tertiary/aromatic N) is 1. The lowest BCUT2D eigenvalue weighted by molar-refractivity contribution is -0.384. The summed E-state index contributed by atoms with van der Waals surface area (Å²) in [5.41, 5.74) is 0.0868. The number of nitro benzene ring substituents is 1. The molecule has 2 N–H and O–H groups in total. The molecular formula is C12H14Cl2N2O4. The van der Waals surface area contributed by atoms with Gasteiger partial charge in [-0.3, -0.25) is 14.9 Å². The Labute approximate surface area is 125 Å². The number of carboxylic acid groups (broad SMARTS) is 1. The molecule has 110 valence electrons. The molecule has 0 aromatic heterocycles. The van der Waals surface area contributed by atoms with Crippen LogP contribution in [0.1, 0.15) is 20.3 Å². The minimum atomic E-state index is -0.953. The van der Waals surface area contributed by atoms with Gasteiger partial charge < -0.3 is 10.4 Å². The number of anilines is 1. The standard InChI is InChI=1S/C12H14Cl2N2O4/c1-6(2)10(5-11(17)18)15-12-8(13)3-7(16(19)20)4-9(12)14/h3-4,6,10,15H,5H2,1-2H3,(H,17,18). The molecule has 0 heterocycles. The highest BCUT2D eigenvalue weighted by atomic mass is 35.5. The maximum absolute atomic E-state index is 10.8. The Bertz CT molecular complexity index is 511. The van der Waals surface area contributed by atoms with Crippen molar-refractivity contribution in [3.8, 4) is 0 Å². The molecule has 8 heteroatoms. The van der Waals surface area contributed by atoms with Crippen molar-refractivity contribution in [2.75, 3.05) is 5.32 Å². The maximum Gasteiger partial charge on any atom is 0.305 e. The summed E-state index contributed by atoms with van der Waals surface area (Å²) in [4.78, 5) is 20.9. The van der Waals surface area contributed by atoms with Crippen LogP contribution in [0, 0.1) is 16.0 Å². The summed E-state index contributed by atoms with van der Waals surface area (Å²) in [5.74, 6) is -0.932. The smallest absolute Gasteiger partial charge is 0.305 e. The third-order valence-corrected chi connectivity index (χ3v) is 3.36. The SMILES string of the molecule is CC(C)C(CC(=O)O)Nc1c(Cl)cc([N+](=O)[O-])cc1Cl. The number of hydrogen-bond acceptors (Lipinski definition) is 4. The van der Waals surface area contributed by atoms with Crippen LogP contribution in [-0.2, 0) is 4.79 Å². The molecule has 1 atom stereocenters. The zero-order valence-corrected chi connectivity index (χ0v) is 12.4. The first-order valence-corrected chi connectivity index (χ1v) is 6.59. The number of carbonyl (C=O) groups is 1. The number of nitro groups is 1. The summed E-state index contributed by atoms with van der Waals surface area (Å²) in [5, 5.41) is 22.7. The van der Waals surface area contributed by atoms with Crippen molar-refractivity contribution < 1.29 is 14.8 Å². The van der Waals surface area contributed by atoms with Crippen LogP contribution in [0.25, 0.3) is 0 Å². The molecule has 1 unspecified atom stereocenters. The minimum Gasteiger partial charge on any atom is -0.481 e. The number of halogens is 2. The van der Waals surface area contributed by atoms with Gasteiger partial charge in [0.1, 0.15) is 0 Å². The molecule has 0 bridgehead atoms. The fourth-order valence-electron chi connectivity index (χ4n) is 1.63. The molecule has 20 heavy (non-hydrogen) atoms. The van der Waals surface area contributed by atoms with E-state index in [9.17, 15) is 14.9 Å². The Balaban J connectivity index is 3.07. The van der Waals surface area contributed by atoms with Crippen molar-refractivity contribution in [1.29, 1.82) is 0 Å². The number of rotatable bonds is 6. The molecule has 1 aromatic carbocycles. The van der Waals surface area contributed by atoms with Gasteiger partial charge >= 0.3 is 5.97 Å². The van der Waals surface area contributed by atoms with Crippen LogP contribution < -0.4 is 5.32 Å². The average Bonchev–Trinajstić information content (AvgIpc) is 2.30. The van der Waals surface area contributed by atoms with Gasteiger partial charge in [0.05, 0.1) is 27.1 Å². The predicted octanol–water partition coefficient (Wildman–Crippen LogP) is 3.81. The van der Waals surface area contributed by atoms with E-state index < -0.39 is 10.9 Å². The highest BCUT2D eigenvalue weighted by Gasteiger charge is 2.21. The van der Waals surface area contributed by atoms with Crippen LogP contribution in [0.3, 0.4) is 0 Å². The first kappa shape index (κ1) is 16.5. The summed E-state index contributed by atoms with van der Waals surface area (Å²) in [7, 11) is 0. The third-order valence-electron chi connectivity index (χ3n) is 2.77. The van der Waals surface area contributed by atoms with Gasteiger partial charge in [-0.05, 0) is 5.92 Å². The number of hydrogen-bond donors (Lipinski definition) is 2. The highest BCUT2D eigenvalue weighted by Crippen LogP contribution is 2.35. The number of aliphatic carboxylic acids is 1. The second kappa shape index (κ2) is 6.76. The molecule has 1 rings (SSSR count). The number of benzene rings is 1. The van der Waals surface area contributed by atoms with Gasteiger partial charge in [-0.25, -0.2) is 0 Å². The van der Waals surface area contributed by atoms with E-state index in [0.717, 1.165) is 0 Å². The van der Waals surface area contributed by atoms with E-state index in [0.29, 0.717) is 5.69 Å². The first-order valence-electron chi connectivity index (χ1n) is 5.84. The molecular weight excluding hydrogens is 307 g/mol. The van der Waals surface area contributed by atoms with E-state index >= 15 is 0 Å². The van der Waals surface area contributed by atoms with Crippen LogP contribution in [0.15, 0.2) is 12.1 Å². The van der Waals surface area contributed by atoms with E-state index in [1.54, 1.807) is 0 Å². The Hall–Kier alpha value is -1.53. The number of non-ortho nitro benzene ring substituents is 1. The topological polar surface area (TPSA) is 92.5 Å². The van der Waals surface area contributed by atoms with E-state index in [1.165, 1.54) is 12.1 Å². The lowest BCUT2D eigenvalue weighted by atomic mass is 10.0.